The van der Waals surface area contributed by atoms with Crippen LogP contribution in [-0.2, 0) is 25.1 Å². The zero-order chi connectivity index (χ0) is 32.6. The molecule has 44 heavy (non-hydrogen) atoms. The minimum atomic E-state index is -2.82. The second kappa shape index (κ2) is 10.3. The summed E-state index contributed by atoms with van der Waals surface area (Å²) in [4.78, 5) is 28.3. The largest absolute Gasteiger partial charge is 0.424 e. The van der Waals surface area contributed by atoms with Crippen LogP contribution in [0, 0.1) is 23.2 Å². The number of fused-ring (bicyclic) bond motifs is 3. The van der Waals surface area contributed by atoms with Crippen LogP contribution in [0.1, 0.15) is 83.7 Å². The summed E-state index contributed by atoms with van der Waals surface area (Å²) in [5.41, 5.74) is 5.60. The first-order valence-corrected chi connectivity index (χ1v) is 15.6. The van der Waals surface area contributed by atoms with Crippen molar-refractivity contribution < 1.29 is 28.2 Å². The summed E-state index contributed by atoms with van der Waals surface area (Å²) >= 11 is 0. The first kappa shape index (κ1) is 24.4. The molecule has 3 aromatic carbocycles. The number of rotatable bonds is 4. The Bertz CT molecular complexity index is 1800. The Hall–Kier alpha value is -3.96. The number of carbonyl (C=O) groups excluding carboxylic acids is 1. The van der Waals surface area contributed by atoms with Crippen LogP contribution in [0.4, 0.5) is 11.4 Å². The van der Waals surface area contributed by atoms with Gasteiger partial charge < -0.3 is 14.4 Å². The fraction of sp³-hybridized carbons (Fsp3) is 0.405. The van der Waals surface area contributed by atoms with E-state index in [2.05, 4.69) is 6.07 Å². The lowest BCUT2D eigenvalue weighted by atomic mass is 9.53. The second-order valence-electron chi connectivity index (χ2n) is 12.8. The Kier molecular flexibility index (Phi) is 5.71. The summed E-state index contributed by atoms with van der Waals surface area (Å²) in [6, 6.07) is 22.2. The monoisotopic (exact) mass is 591 g/mol. The van der Waals surface area contributed by atoms with E-state index in [4.69, 9.17) is 23.4 Å². The maximum atomic E-state index is 14.2. The Morgan fingerprint density at radius 2 is 1.75 bits per heavy atom. The molecule has 1 saturated carbocycles. The molecule has 2 fully saturated rings. The lowest BCUT2D eigenvalue weighted by molar-refractivity contribution is -0.639. The summed E-state index contributed by atoms with van der Waals surface area (Å²) in [7, 11) is -0.858. The van der Waals surface area contributed by atoms with Gasteiger partial charge in [-0.2, -0.15) is 10.1 Å². The molecule has 7 heteroatoms. The summed E-state index contributed by atoms with van der Waals surface area (Å²) in [5.74, 6) is -3.14. The molecule has 8 rings (SSSR count). The molecular formula is C37H36N2O5. The molecule has 5 aliphatic rings. The fourth-order valence-electron chi connectivity index (χ4n) is 8.87. The van der Waals surface area contributed by atoms with Gasteiger partial charge in [-0.05, 0) is 80.3 Å². The molecule has 4 unspecified atom stereocenters. The van der Waals surface area contributed by atoms with Crippen molar-refractivity contribution in [2.24, 2.45) is 11.8 Å². The van der Waals surface area contributed by atoms with Crippen molar-refractivity contribution in [3.63, 3.8) is 0 Å². The van der Waals surface area contributed by atoms with Crippen molar-refractivity contribution in [2.45, 2.75) is 68.7 Å². The average molecular weight is 592 g/mol. The topological polar surface area (TPSA) is 81.0 Å². The van der Waals surface area contributed by atoms with Crippen molar-refractivity contribution in [3.05, 3.63) is 100 Å². The molecule has 1 saturated heterocycles. The highest BCUT2D eigenvalue weighted by Crippen LogP contribution is 2.67. The molecule has 224 valence electrons. The highest BCUT2D eigenvalue weighted by molar-refractivity contribution is 5.92. The summed E-state index contributed by atoms with van der Waals surface area (Å²) in [6.45, 7) is 0. The molecule has 2 heterocycles. The molecule has 2 bridgehead atoms. The van der Waals surface area contributed by atoms with Crippen LogP contribution in [0.25, 0.3) is 0 Å². The van der Waals surface area contributed by atoms with Crippen LogP contribution in [0.3, 0.4) is 0 Å². The first-order valence-electron chi connectivity index (χ1n) is 17.1. The van der Waals surface area contributed by atoms with Crippen molar-refractivity contribution in [3.8, 4) is 11.8 Å². The Balaban J connectivity index is 1.22. The molecule has 0 radical (unpaired) electrons. The van der Waals surface area contributed by atoms with Gasteiger partial charge >= 0.3 is 5.97 Å². The fourth-order valence-corrected chi connectivity index (χ4v) is 8.87. The zero-order valence-corrected chi connectivity index (χ0v) is 24.7. The lowest BCUT2D eigenvalue weighted by Crippen LogP contribution is -2.74. The molecule has 1 spiro atoms. The second-order valence-corrected chi connectivity index (χ2v) is 12.8. The van der Waals surface area contributed by atoms with E-state index in [0.717, 1.165) is 73.9 Å². The van der Waals surface area contributed by atoms with E-state index in [1.165, 1.54) is 11.1 Å². The third-order valence-electron chi connectivity index (χ3n) is 10.8. The predicted molar refractivity (Wildman–Crippen MR) is 164 cm³/mol. The number of anilines is 2. The molecule has 0 aromatic heterocycles. The van der Waals surface area contributed by atoms with E-state index < -0.39 is 30.3 Å². The Morgan fingerprint density at radius 1 is 1.00 bits per heavy atom. The standard InChI is InChI=1S/C37H36N2O5/c1-39-31-16-7-5-13-28(31)34(29-14-6-8-17-32(29)39)35(40)42-33-21-26(19-18-24(33)22-38)37(41-2)36(43-44-37)25-11-9-15-30(36)27-12-4-3-10-23(27)20-25/h5-8,13-14,16-19,21,25,30,34H,3-4,9-12,15,20H2,1-2H3/i2D3. The number of allylic oxidation sites excluding steroid dienone is 1. The number of nitriles is 1. The van der Waals surface area contributed by atoms with Crippen LogP contribution < -0.4 is 9.64 Å². The van der Waals surface area contributed by atoms with E-state index in [0.29, 0.717) is 5.56 Å². The first-order chi connectivity index (χ1) is 22.7. The maximum absolute atomic E-state index is 14.2. The molecule has 4 atom stereocenters. The molecule has 0 amide bonds. The molecule has 2 aliphatic heterocycles. The van der Waals surface area contributed by atoms with Crippen LogP contribution in [-0.4, -0.2) is 25.7 Å². The molecule has 0 N–H and O–H groups in total. The number of para-hydroxylation sites is 2. The van der Waals surface area contributed by atoms with Gasteiger partial charge in [-0.1, -0.05) is 60.0 Å². The van der Waals surface area contributed by atoms with E-state index in [1.807, 2.05) is 60.5 Å². The number of carbonyl (C=O) groups is 1. The summed E-state index contributed by atoms with van der Waals surface area (Å²) in [5, 5.41) is 10.1. The lowest BCUT2D eigenvalue weighted by Gasteiger charge is -2.65. The van der Waals surface area contributed by atoms with Gasteiger partial charge in [-0.3, -0.25) is 4.79 Å². The third kappa shape index (κ3) is 3.68. The van der Waals surface area contributed by atoms with E-state index in [-0.39, 0.29) is 23.1 Å². The van der Waals surface area contributed by atoms with Crippen LogP contribution in [0.15, 0.2) is 77.9 Å². The summed E-state index contributed by atoms with van der Waals surface area (Å²) < 4.78 is 36.8. The van der Waals surface area contributed by atoms with Gasteiger partial charge in [0.2, 0.25) is 0 Å². The molecular weight excluding hydrogens is 552 g/mol. The maximum Gasteiger partial charge on any atom is 0.323 e. The van der Waals surface area contributed by atoms with Gasteiger partial charge in [0.1, 0.15) is 17.7 Å². The highest BCUT2D eigenvalue weighted by atomic mass is 17.3. The summed E-state index contributed by atoms with van der Waals surface area (Å²) in [6.07, 6.45) is 7.79. The van der Waals surface area contributed by atoms with E-state index >= 15 is 0 Å². The van der Waals surface area contributed by atoms with Gasteiger partial charge in [-0.25, -0.2) is 4.89 Å². The van der Waals surface area contributed by atoms with Crippen molar-refractivity contribution in [2.75, 3.05) is 19.0 Å². The highest BCUT2D eigenvalue weighted by Gasteiger charge is 2.75. The number of methoxy groups -OCH3 is 1. The molecule has 3 aromatic rings. The van der Waals surface area contributed by atoms with E-state index in [9.17, 15) is 10.1 Å². The van der Waals surface area contributed by atoms with Crippen molar-refractivity contribution >= 4 is 17.3 Å². The van der Waals surface area contributed by atoms with Crippen molar-refractivity contribution in [1.82, 2.24) is 0 Å². The number of hydrogen-bond donors (Lipinski definition) is 0. The van der Waals surface area contributed by atoms with Gasteiger partial charge in [-0.15, -0.1) is 0 Å². The zero-order valence-electron chi connectivity index (χ0n) is 27.7. The van der Waals surface area contributed by atoms with Gasteiger partial charge in [0, 0.05) is 42.9 Å². The quantitative estimate of drug-likeness (QED) is 0.134. The smallest absolute Gasteiger partial charge is 0.323 e. The Morgan fingerprint density at radius 3 is 2.45 bits per heavy atom. The minimum Gasteiger partial charge on any atom is -0.424 e. The van der Waals surface area contributed by atoms with Crippen LogP contribution in [0.2, 0.25) is 0 Å². The number of esters is 1. The molecule has 7 nitrogen and oxygen atoms in total. The van der Waals surface area contributed by atoms with Crippen LogP contribution >= 0.6 is 0 Å². The van der Waals surface area contributed by atoms with Gasteiger partial charge in [0.15, 0.2) is 5.60 Å². The van der Waals surface area contributed by atoms with E-state index in [1.54, 1.807) is 18.2 Å². The Labute approximate surface area is 262 Å². The molecule has 3 aliphatic carbocycles. The van der Waals surface area contributed by atoms with Gasteiger partial charge in [0.25, 0.3) is 5.79 Å². The normalized spacial score (nSPS) is 30.1. The predicted octanol–water partition coefficient (Wildman–Crippen LogP) is 7.57. The minimum absolute atomic E-state index is 0.0110. The SMILES string of the molecule is [2H]C([2H])([2H])OC1(c2ccc(C#N)c(OC(=O)C3c4ccccc4N(C)c4ccccc43)c2)OOC12C1CCCC2C2=C(CCCC2)C1. The number of benzene rings is 3. The van der Waals surface area contributed by atoms with Crippen molar-refractivity contribution in [1.29, 1.82) is 5.26 Å². The number of nitrogens with zero attached hydrogens (tertiary/aromatic N) is 2. The number of ether oxygens (including phenoxy) is 2. The third-order valence-corrected chi connectivity index (χ3v) is 10.8. The average Bonchev–Trinajstić information content (AvgIpc) is 3.06. The van der Waals surface area contributed by atoms with Gasteiger partial charge in [0.05, 0.1) is 9.68 Å². The number of hydrogen-bond acceptors (Lipinski definition) is 7. The van der Waals surface area contributed by atoms with Crippen LogP contribution in [0.5, 0.6) is 5.75 Å².